The number of amides is 1. The van der Waals surface area contributed by atoms with Crippen LogP contribution in [0.15, 0.2) is 18.2 Å². The summed E-state index contributed by atoms with van der Waals surface area (Å²) >= 11 is 0. The molecule has 0 saturated heterocycles. The molecule has 1 aliphatic carbocycles. The van der Waals surface area contributed by atoms with Gasteiger partial charge in [-0.3, -0.25) is 4.79 Å². The number of hydrogen-bond donors (Lipinski definition) is 2. The maximum Gasteiger partial charge on any atom is 0.251 e. The molecule has 1 saturated carbocycles. The number of anilines is 1. The molecule has 1 amide bonds. The summed E-state index contributed by atoms with van der Waals surface area (Å²) in [5, 5.41) is 3.03. The summed E-state index contributed by atoms with van der Waals surface area (Å²) in [5.41, 5.74) is 5.90. The summed E-state index contributed by atoms with van der Waals surface area (Å²) in [7, 11) is 0. The molecule has 0 heterocycles. The highest BCUT2D eigenvalue weighted by atomic mass is 19.1. The Bertz CT molecular complexity index is 485. The largest absolute Gasteiger partial charge is 0.396 e. The van der Waals surface area contributed by atoms with Crippen molar-refractivity contribution in [1.82, 2.24) is 5.32 Å². The zero-order valence-corrected chi connectivity index (χ0v) is 11.5. The Morgan fingerprint density at radius 3 is 2.79 bits per heavy atom. The van der Waals surface area contributed by atoms with Gasteiger partial charge in [-0.15, -0.1) is 0 Å². The van der Waals surface area contributed by atoms with E-state index in [1.54, 1.807) is 6.07 Å². The van der Waals surface area contributed by atoms with E-state index in [4.69, 9.17) is 5.73 Å². The second-order valence-electron chi connectivity index (χ2n) is 6.00. The van der Waals surface area contributed by atoms with Crippen LogP contribution in [0.4, 0.5) is 10.1 Å². The Labute approximate surface area is 113 Å². The van der Waals surface area contributed by atoms with E-state index in [-0.39, 0.29) is 23.1 Å². The summed E-state index contributed by atoms with van der Waals surface area (Å²) in [5.74, 6) is -0.769. The summed E-state index contributed by atoms with van der Waals surface area (Å²) < 4.78 is 13.4. The molecule has 1 aromatic carbocycles. The van der Waals surface area contributed by atoms with Crippen LogP contribution in [-0.4, -0.2) is 11.9 Å². The summed E-state index contributed by atoms with van der Waals surface area (Å²) in [6.45, 7) is 4.33. The van der Waals surface area contributed by atoms with E-state index in [9.17, 15) is 9.18 Å². The molecule has 2 rings (SSSR count). The summed E-state index contributed by atoms with van der Waals surface area (Å²) in [6.07, 6.45) is 4.42. The molecule has 1 aromatic rings. The highest BCUT2D eigenvalue weighted by Crippen LogP contribution is 2.35. The normalized spacial score (nSPS) is 21.9. The second-order valence-corrected chi connectivity index (χ2v) is 6.00. The highest BCUT2D eigenvalue weighted by molar-refractivity contribution is 5.94. The van der Waals surface area contributed by atoms with Gasteiger partial charge in [-0.2, -0.15) is 0 Å². The van der Waals surface area contributed by atoms with Crippen molar-refractivity contribution in [2.45, 2.75) is 45.6 Å². The average Bonchev–Trinajstić information content (AvgIpc) is 2.35. The number of carbonyl (C=O) groups is 1. The van der Waals surface area contributed by atoms with E-state index in [0.29, 0.717) is 5.56 Å². The Balaban J connectivity index is 2.10. The molecule has 104 valence electrons. The predicted octanol–water partition coefficient (Wildman–Crippen LogP) is 3.11. The number of rotatable bonds is 2. The first kappa shape index (κ1) is 13.8. The molecule has 1 aliphatic rings. The number of benzene rings is 1. The average molecular weight is 264 g/mol. The van der Waals surface area contributed by atoms with Gasteiger partial charge in [0, 0.05) is 11.6 Å². The maximum absolute atomic E-state index is 13.4. The van der Waals surface area contributed by atoms with Gasteiger partial charge in [0.25, 0.3) is 5.91 Å². The van der Waals surface area contributed by atoms with Crippen molar-refractivity contribution in [3.8, 4) is 0 Å². The van der Waals surface area contributed by atoms with Gasteiger partial charge in [-0.25, -0.2) is 4.39 Å². The molecular formula is C15H21FN2O. The quantitative estimate of drug-likeness (QED) is 0.806. The van der Waals surface area contributed by atoms with E-state index < -0.39 is 5.82 Å². The number of nitrogens with one attached hydrogen (secondary N) is 1. The van der Waals surface area contributed by atoms with Crippen LogP contribution in [0.3, 0.4) is 0 Å². The zero-order valence-electron chi connectivity index (χ0n) is 11.5. The zero-order chi connectivity index (χ0) is 14.0. The van der Waals surface area contributed by atoms with Crippen LogP contribution in [0.25, 0.3) is 0 Å². The van der Waals surface area contributed by atoms with Gasteiger partial charge < -0.3 is 11.1 Å². The SMILES string of the molecule is CC1(C)CCCCC1NC(=O)c1ccc(N)c(F)c1. The van der Waals surface area contributed by atoms with E-state index in [1.165, 1.54) is 18.6 Å². The molecule has 1 unspecified atom stereocenters. The van der Waals surface area contributed by atoms with Crippen molar-refractivity contribution in [2.24, 2.45) is 5.41 Å². The van der Waals surface area contributed by atoms with Crippen LogP contribution >= 0.6 is 0 Å². The fourth-order valence-corrected chi connectivity index (χ4v) is 2.67. The molecule has 4 heteroatoms. The fourth-order valence-electron chi connectivity index (χ4n) is 2.67. The molecule has 0 aliphatic heterocycles. The molecule has 19 heavy (non-hydrogen) atoms. The topological polar surface area (TPSA) is 55.1 Å². The van der Waals surface area contributed by atoms with Crippen molar-refractivity contribution in [3.63, 3.8) is 0 Å². The molecular weight excluding hydrogens is 243 g/mol. The Hall–Kier alpha value is -1.58. The van der Waals surface area contributed by atoms with E-state index in [2.05, 4.69) is 19.2 Å². The first-order valence-corrected chi connectivity index (χ1v) is 6.76. The fraction of sp³-hybridized carbons (Fsp3) is 0.533. The van der Waals surface area contributed by atoms with Crippen LogP contribution in [0.1, 0.15) is 49.9 Å². The number of nitrogen functional groups attached to an aromatic ring is 1. The van der Waals surface area contributed by atoms with Crippen LogP contribution in [0.5, 0.6) is 0 Å². The molecule has 3 nitrogen and oxygen atoms in total. The minimum Gasteiger partial charge on any atom is -0.396 e. The Morgan fingerprint density at radius 1 is 1.42 bits per heavy atom. The van der Waals surface area contributed by atoms with Gasteiger partial charge in [0.2, 0.25) is 0 Å². The standard InChI is InChI=1S/C15H21FN2O/c1-15(2)8-4-3-5-13(15)18-14(19)10-6-7-12(17)11(16)9-10/h6-7,9,13H,3-5,8,17H2,1-2H3,(H,18,19). The maximum atomic E-state index is 13.4. The molecule has 3 N–H and O–H groups in total. The van der Waals surface area contributed by atoms with Gasteiger partial charge in [-0.05, 0) is 36.5 Å². The van der Waals surface area contributed by atoms with Crippen molar-refractivity contribution in [2.75, 3.05) is 5.73 Å². The Kier molecular flexibility index (Phi) is 3.78. The van der Waals surface area contributed by atoms with Crippen LogP contribution in [0, 0.1) is 11.2 Å². The van der Waals surface area contributed by atoms with Gasteiger partial charge in [0.15, 0.2) is 0 Å². The lowest BCUT2D eigenvalue weighted by atomic mass is 9.73. The summed E-state index contributed by atoms with van der Waals surface area (Å²) in [4.78, 5) is 12.1. The van der Waals surface area contributed by atoms with Gasteiger partial charge >= 0.3 is 0 Å². The molecule has 0 spiro atoms. The third kappa shape index (κ3) is 3.06. The van der Waals surface area contributed by atoms with Gasteiger partial charge in [-0.1, -0.05) is 26.7 Å². The Morgan fingerprint density at radius 2 is 2.16 bits per heavy atom. The van der Waals surface area contributed by atoms with Gasteiger partial charge in [0.05, 0.1) is 5.69 Å². The second kappa shape index (κ2) is 5.19. The minimum absolute atomic E-state index is 0.0644. The molecule has 0 aromatic heterocycles. The van der Waals surface area contributed by atoms with Crippen molar-refractivity contribution in [1.29, 1.82) is 0 Å². The number of halogens is 1. The van der Waals surface area contributed by atoms with E-state index in [0.717, 1.165) is 19.3 Å². The van der Waals surface area contributed by atoms with E-state index >= 15 is 0 Å². The molecule has 1 fully saturated rings. The lowest BCUT2D eigenvalue weighted by molar-refractivity contribution is 0.0853. The van der Waals surface area contributed by atoms with Crippen LogP contribution < -0.4 is 11.1 Å². The lowest BCUT2D eigenvalue weighted by Gasteiger charge is -2.39. The third-order valence-corrected chi connectivity index (χ3v) is 4.08. The van der Waals surface area contributed by atoms with Crippen molar-refractivity contribution >= 4 is 11.6 Å². The lowest BCUT2D eigenvalue weighted by Crippen LogP contribution is -2.46. The first-order chi connectivity index (χ1) is 8.90. The molecule has 0 bridgehead atoms. The van der Waals surface area contributed by atoms with E-state index in [1.807, 2.05) is 0 Å². The highest BCUT2D eigenvalue weighted by Gasteiger charge is 2.33. The van der Waals surface area contributed by atoms with Crippen molar-refractivity contribution in [3.05, 3.63) is 29.6 Å². The minimum atomic E-state index is -0.546. The number of nitrogens with two attached hydrogens (primary N) is 1. The number of hydrogen-bond acceptors (Lipinski definition) is 2. The van der Waals surface area contributed by atoms with Crippen LogP contribution in [-0.2, 0) is 0 Å². The monoisotopic (exact) mass is 264 g/mol. The third-order valence-electron chi connectivity index (χ3n) is 4.08. The smallest absolute Gasteiger partial charge is 0.251 e. The van der Waals surface area contributed by atoms with Crippen LogP contribution in [0.2, 0.25) is 0 Å². The number of carbonyl (C=O) groups excluding carboxylic acids is 1. The molecule has 1 atom stereocenters. The predicted molar refractivity (Wildman–Crippen MR) is 74.3 cm³/mol. The van der Waals surface area contributed by atoms with Crippen molar-refractivity contribution < 1.29 is 9.18 Å². The molecule has 0 radical (unpaired) electrons. The summed E-state index contributed by atoms with van der Waals surface area (Å²) in [6, 6.07) is 4.33. The first-order valence-electron chi connectivity index (χ1n) is 6.76. The van der Waals surface area contributed by atoms with Gasteiger partial charge in [0.1, 0.15) is 5.82 Å².